The quantitative estimate of drug-likeness (QED) is 0.630. The van der Waals surface area contributed by atoms with Crippen molar-refractivity contribution in [1.82, 2.24) is 15.1 Å². The summed E-state index contributed by atoms with van der Waals surface area (Å²) in [5, 5.41) is 7.71. The highest BCUT2D eigenvalue weighted by Crippen LogP contribution is 2.19. The molecule has 0 saturated carbocycles. The molecule has 0 aromatic carbocycles. The Morgan fingerprint density at radius 1 is 1.46 bits per heavy atom. The number of nitrogens with zero attached hydrogens (tertiary/aromatic N) is 3. The summed E-state index contributed by atoms with van der Waals surface area (Å²) in [5.74, 6) is 1.18. The van der Waals surface area contributed by atoms with Gasteiger partial charge in [-0.15, -0.1) is 10.2 Å². The maximum Gasteiger partial charge on any atom is 0.246 e. The van der Waals surface area contributed by atoms with Gasteiger partial charge < -0.3 is 14.1 Å². The van der Waals surface area contributed by atoms with Crippen LogP contribution in [0.2, 0.25) is 0 Å². The smallest absolute Gasteiger partial charge is 0.246 e. The van der Waals surface area contributed by atoms with Gasteiger partial charge in [0.05, 0.1) is 6.61 Å². The van der Waals surface area contributed by atoms with Crippen molar-refractivity contribution in [3.8, 4) is 0 Å². The Bertz CT molecular complexity index is 287. The van der Waals surface area contributed by atoms with E-state index in [1.165, 1.54) is 0 Å². The van der Waals surface area contributed by atoms with Crippen molar-refractivity contribution in [3.63, 3.8) is 0 Å². The molecule has 5 heteroatoms. The minimum atomic E-state index is -0.0556. The summed E-state index contributed by atoms with van der Waals surface area (Å²) in [7, 11) is 2.05. The first-order valence-corrected chi connectivity index (χ1v) is 4.36. The van der Waals surface area contributed by atoms with E-state index in [0.717, 1.165) is 19.7 Å². The van der Waals surface area contributed by atoms with E-state index in [2.05, 4.69) is 22.1 Å². The second-order valence-corrected chi connectivity index (χ2v) is 3.28. The average molecular weight is 183 g/mol. The molecule has 2 heterocycles. The minimum Gasteiger partial charge on any atom is -0.423 e. The monoisotopic (exact) mass is 183 g/mol. The molecule has 0 radical (unpaired) electrons. The molecule has 72 valence electrons. The van der Waals surface area contributed by atoms with E-state index in [0.29, 0.717) is 11.8 Å². The summed E-state index contributed by atoms with van der Waals surface area (Å²) in [4.78, 5) is 2.19. The Balaban J connectivity index is 2.08. The summed E-state index contributed by atoms with van der Waals surface area (Å²) in [6.45, 7) is 4.29. The highest BCUT2D eigenvalue weighted by molar-refractivity contribution is 4.88. The topological polar surface area (TPSA) is 51.4 Å². The molecule has 0 aliphatic carbocycles. The van der Waals surface area contributed by atoms with Crippen LogP contribution in [-0.2, 0) is 4.74 Å². The zero-order chi connectivity index (χ0) is 9.26. The van der Waals surface area contributed by atoms with E-state index in [1.54, 1.807) is 6.92 Å². The first-order chi connectivity index (χ1) is 6.25. The Morgan fingerprint density at radius 3 is 2.92 bits per heavy atom. The maximum atomic E-state index is 5.51. The molecule has 0 N–H and O–H groups in total. The van der Waals surface area contributed by atoms with Crippen LogP contribution in [0.25, 0.3) is 0 Å². The van der Waals surface area contributed by atoms with E-state index in [1.807, 2.05) is 0 Å². The van der Waals surface area contributed by atoms with Gasteiger partial charge in [0.1, 0.15) is 6.10 Å². The molecule has 0 spiro atoms. The molecular weight excluding hydrogens is 170 g/mol. The predicted molar refractivity (Wildman–Crippen MR) is 45.2 cm³/mol. The van der Waals surface area contributed by atoms with Crippen molar-refractivity contribution in [2.24, 2.45) is 0 Å². The molecule has 2 rings (SSSR count). The molecule has 1 unspecified atom stereocenters. The van der Waals surface area contributed by atoms with E-state index >= 15 is 0 Å². The zero-order valence-corrected chi connectivity index (χ0v) is 7.86. The third-order valence-electron chi connectivity index (χ3n) is 2.09. The molecule has 0 amide bonds. The van der Waals surface area contributed by atoms with Crippen molar-refractivity contribution in [3.05, 3.63) is 11.8 Å². The highest BCUT2D eigenvalue weighted by atomic mass is 16.5. The van der Waals surface area contributed by atoms with Gasteiger partial charge in [-0.3, -0.25) is 0 Å². The Labute approximate surface area is 76.7 Å². The molecule has 1 fully saturated rings. The molecule has 0 bridgehead atoms. The molecule has 1 aliphatic heterocycles. The molecular formula is C8H13N3O2. The summed E-state index contributed by atoms with van der Waals surface area (Å²) in [6, 6.07) is 0. The lowest BCUT2D eigenvalue weighted by molar-refractivity contribution is -0.0346. The van der Waals surface area contributed by atoms with Gasteiger partial charge in [0.2, 0.25) is 11.8 Å². The summed E-state index contributed by atoms with van der Waals surface area (Å²) >= 11 is 0. The van der Waals surface area contributed by atoms with Crippen molar-refractivity contribution < 1.29 is 9.15 Å². The maximum absolute atomic E-state index is 5.51. The van der Waals surface area contributed by atoms with E-state index in [4.69, 9.17) is 9.15 Å². The molecule has 1 aromatic heterocycles. The third kappa shape index (κ3) is 1.87. The summed E-state index contributed by atoms with van der Waals surface area (Å²) in [6.07, 6.45) is -0.0556. The molecule has 1 atom stereocenters. The Kier molecular flexibility index (Phi) is 2.28. The first kappa shape index (κ1) is 8.65. The van der Waals surface area contributed by atoms with Gasteiger partial charge in [-0.1, -0.05) is 0 Å². The molecule has 1 aromatic rings. The normalized spacial score (nSPS) is 24.9. The van der Waals surface area contributed by atoms with Crippen LogP contribution in [0.4, 0.5) is 0 Å². The number of ether oxygens (including phenoxy) is 1. The van der Waals surface area contributed by atoms with E-state index < -0.39 is 0 Å². The fourth-order valence-electron chi connectivity index (χ4n) is 1.37. The molecule has 5 nitrogen and oxygen atoms in total. The van der Waals surface area contributed by atoms with E-state index in [9.17, 15) is 0 Å². The van der Waals surface area contributed by atoms with Gasteiger partial charge >= 0.3 is 0 Å². The van der Waals surface area contributed by atoms with Crippen LogP contribution in [0.3, 0.4) is 0 Å². The van der Waals surface area contributed by atoms with Gasteiger partial charge in [-0.25, -0.2) is 0 Å². The summed E-state index contributed by atoms with van der Waals surface area (Å²) in [5.41, 5.74) is 0. The fourth-order valence-corrected chi connectivity index (χ4v) is 1.37. The van der Waals surface area contributed by atoms with E-state index in [-0.39, 0.29) is 6.10 Å². The van der Waals surface area contributed by atoms with Gasteiger partial charge in [0.15, 0.2) is 0 Å². The molecule has 1 saturated heterocycles. The van der Waals surface area contributed by atoms with Crippen molar-refractivity contribution in [2.75, 3.05) is 26.7 Å². The minimum absolute atomic E-state index is 0.0556. The third-order valence-corrected chi connectivity index (χ3v) is 2.09. The van der Waals surface area contributed by atoms with Crippen LogP contribution in [0.5, 0.6) is 0 Å². The van der Waals surface area contributed by atoms with Gasteiger partial charge in [0.25, 0.3) is 0 Å². The second kappa shape index (κ2) is 3.43. The van der Waals surface area contributed by atoms with Crippen LogP contribution < -0.4 is 0 Å². The predicted octanol–water partition coefficient (Wildman–Crippen LogP) is 0.381. The standard InChI is InChI=1S/C8H13N3O2/c1-6-9-10-8(13-6)7-5-11(2)3-4-12-7/h7H,3-5H2,1-2H3. The fraction of sp³-hybridized carbons (Fsp3) is 0.750. The SMILES string of the molecule is Cc1nnc(C2CN(C)CCO2)o1. The summed E-state index contributed by atoms with van der Waals surface area (Å²) < 4.78 is 10.8. The lowest BCUT2D eigenvalue weighted by Gasteiger charge is -2.27. The lowest BCUT2D eigenvalue weighted by atomic mass is 10.3. The van der Waals surface area contributed by atoms with Crippen LogP contribution in [-0.4, -0.2) is 41.8 Å². The van der Waals surface area contributed by atoms with Gasteiger partial charge in [-0.2, -0.15) is 0 Å². The number of likely N-dealkylation sites (N-methyl/N-ethyl adjacent to an activating group) is 1. The number of aromatic nitrogens is 2. The molecule has 13 heavy (non-hydrogen) atoms. The second-order valence-electron chi connectivity index (χ2n) is 3.28. The first-order valence-electron chi connectivity index (χ1n) is 4.36. The largest absolute Gasteiger partial charge is 0.423 e. The van der Waals surface area contributed by atoms with Crippen LogP contribution in [0.1, 0.15) is 17.9 Å². The van der Waals surface area contributed by atoms with Crippen molar-refractivity contribution in [2.45, 2.75) is 13.0 Å². The Morgan fingerprint density at radius 2 is 2.31 bits per heavy atom. The van der Waals surface area contributed by atoms with Crippen molar-refractivity contribution >= 4 is 0 Å². The number of rotatable bonds is 1. The number of aryl methyl sites for hydroxylation is 1. The number of hydrogen-bond acceptors (Lipinski definition) is 5. The number of hydrogen-bond donors (Lipinski definition) is 0. The zero-order valence-electron chi connectivity index (χ0n) is 7.86. The van der Waals surface area contributed by atoms with Crippen LogP contribution in [0, 0.1) is 6.92 Å². The average Bonchev–Trinajstić information content (AvgIpc) is 2.52. The molecule has 1 aliphatic rings. The highest BCUT2D eigenvalue weighted by Gasteiger charge is 2.23. The lowest BCUT2D eigenvalue weighted by Crippen LogP contribution is -2.35. The van der Waals surface area contributed by atoms with Gasteiger partial charge in [-0.05, 0) is 7.05 Å². The van der Waals surface area contributed by atoms with Crippen LogP contribution >= 0.6 is 0 Å². The van der Waals surface area contributed by atoms with Crippen molar-refractivity contribution in [1.29, 1.82) is 0 Å². The van der Waals surface area contributed by atoms with Crippen LogP contribution in [0.15, 0.2) is 4.42 Å². The Hall–Kier alpha value is -0.940. The number of morpholine rings is 1. The van der Waals surface area contributed by atoms with Gasteiger partial charge in [0, 0.05) is 20.0 Å².